The van der Waals surface area contributed by atoms with Crippen LogP contribution in [0.3, 0.4) is 0 Å². The van der Waals surface area contributed by atoms with Gasteiger partial charge in [0.15, 0.2) is 5.71 Å². The van der Waals surface area contributed by atoms with Crippen molar-refractivity contribution in [3.8, 4) is 0 Å². The first-order valence-electron chi connectivity index (χ1n) is 9.53. The number of rotatable bonds is 5. The summed E-state index contributed by atoms with van der Waals surface area (Å²) in [7, 11) is 0. The molecule has 1 heterocycles. The highest BCUT2D eigenvalue weighted by Gasteiger charge is 2.26. The molecular weight excluding hydrogens is 543 g/mol. The predicted octanol–water partition coefficient (Wildman–Crippen LogP) is 3.96. The number of benzene rings is 3. The van der Waals surface area contributed by atoms with Crippen LogP contribution in [0.1, 0.15) is 31.8 Å². The summed E-state index contributed by atoms with van der Waals surface area (Å²) in [5, 5.41) is 10.1. The lowest BCUT2D eigenvalue weighted by Crippen LogP contribution is -2.24. The largest absolute Gasteiger partial charge is 0.348 e. The fourth-order valence-electron chi connectivity index (χ4n) is 3.07. The first kappa shape index (κ1) is 22.0. The van der Waals surface area contributed by atoms with E-state index in [-0.39, 0.29) is 17.5 Å². The van der Waals surface area contributed by atoms with Gasteiger partial charge in [-0.25, -0.2) is 5.43 Å². The van der Waals surface area contributed by atoms with E-state index < -0.39 is 5.91 Å². The quantitative estimate of drug-likeness (QED) is 0.327. The Morgan fingerprint density at radius 3 is 2.31 bits per heavy atom. The Labute approximate surface area is 202 Å². The maximum Gasteiger partial charge on any atom is 0.276 e. The smallest absolute Gasteiger partial charge is 0.276 e. The molecule has 0 spiro atoms. The maximum absolute atomic E-state index is 12.4. The number of nitrogens with one attached hydrogen (secondary N) is 3. The maximum atomic E-state index is 12.4. The number of anilines is 1. The molecule has 0 fully saturated rings. The van der Waals surface area contributed by atoms with E-state index in [0.717, 1.165) is 9.13 Å². The third-order valence-corrected chi connectivity index (χ3v) is 5.67. The van der Waals surface area contributed by atoms with Crippen LogP contribution in [0, 0.1) is 3.57 Å². The van der Waals surface area contributed by atoms with Crippen LogP contribution >= 0.6 is 34.2 Å². The van der Waals surface area contributed by atoms with Crippen molar-refractivity contribution < 1.29 is 14.4 Å². The molecule has 7 nitrogen and oxygen atoms in total. The number of halogens is 2. The summed E-state index contributed by atoms with van der Waals surface area (Å²) in [6.45, 7) is 0.307. The van der Waals surface area contributed by atoms with Crippen molar-refractivity contribution >= 4 is 63.3 Å². The number of hydrogen-bond acceptors (Lipinski definition) is 4. The molecule has 0 saturated carbocycles. The van der Waals surface area contributed by atoms with Crippen LogP contribution in [0.15, 0.2) is 71.8 Å². The predicted molar refractivity (Wildman–Crippen MR) is 131 cm³/mol. The molecule has 3 aromatic rings. The summed E-state index contributed by atoms with van der Waals surface area (Å²) in [4.78, 5) is 36.8. The molecular formula is C23H16ClIN4O3. The normalized spacial score (nSPS) is 13.4. The number of fused-ring (bicyclic) bond motifs is 1. The lowest BCUT2D eigenvalue weighted by atomic mass is 10.1. The van der Waals surface area contributed by atoms with Crippen LogP contribution in [-0.4, -0.2) is 23.4 Å². The van der Waals surface area contributed by atoms with E-state index in [1.807, 2.05) is 12.1 Å². The topological polar surface area (TPSA) is 99.7 Å². The minimum atomic E-state index is -0.443. The average Bonchev–Trinajstić information content (AvgIpc) is 3.10. The van der Waals surface area contributed by atoms with Crippen LogP contribution in [0.25, 0.3) is 0 Å². The fourth-order valence-corrected chi connectivity index (χ4v) is 3.68. The van der Waals surface area contributed by atoms with E-state index in [4.69, 9.17) is 11.6 Å². The van der Waals surface area contributed by atoms with Crippen molar-refractivity contribution in [3.63, 3.8) is 0 Å². The molecule has 32 heavy (non-hydrogen) atoms. The lowest BCUT2D eigenvalue weighted by Gasteiger charge is -2.07. The van der Waals surface area contributed by atoms with Gasteiger partial charge in [0.05, 0.1) is 5.69 Å². The van der Waals surface area contributed by atoms with Gasteiger partial charge in [0.1, 0.15) is 0 Å². The molecule has 0 saturated heterocycles. The number of amides is 3. The molecule has 0 aliphatic carbocycles. The van der Waals surface area contributed by atoms with Gasteiger partial charge >= 0.3 is 0 Å². The number of carbonyl (C=O) groups is 3. The van der Waals surface area contributed by atoms with E-state index in [9.17, 15) is 14.4 Å². The molecule has 0 unspecified atom stereocenters. The van der Waals surface area contributed by atoms with Crippen LogP contribution in [-0.2, 0) is 11.3 Å². The monoisotopic (exact) mass is 558 g/mol. The number of nitrogens with zero attached hydrogens (tertiary/aromatic N) is 1. The first-order chi connectivity index (χ1) is 15.4. The zero-order valence-electron chi connectivity index (χ0n) is 16.5. The van der Waals surface area contributed by atoms with Crippen molar-refractivity contribution in [3.05, 3.63) is 97.6 Å². The Balaban J connectivity index is 1.37. The minimum Gasteiger partial charge on any atom is -0.348 e. The molecule has 1 aliphatic heterocycles. The van der Waals surface area contributed by atoms with Gasteiger partial charge in [0.2, 0.25) is 0 Å². The Morgan fingerprint density at radius 1 is 0.938 bits per heavy atom. The third-order valence-electron chi connectivity index (χ3n) is 4.74. The van der Waals surface area contributed by atoms with E-state index in [0.29, 0.717) is 33.9 Å². The van der Waals surface area contributed by atoms with Crippen molar-refractivity contribution in [2.24, 2.45) is 5.10 Å². The van der Waals surface area contributed by atoms with Crippen molar-refractivity contribution in [1.29, 1.82) is 0 Å². The highest BCUT2D eigenvalue weighted by molar-refractivity contribution is 14.1. The molecule has 160 valence electrons. The third kappa shape index (κ3) is 4.97. The summed E-state index contributed by atoms with van der Waals surface area (Å²) < 4.78 is 0.954. The van der Waals surface area contributed by atoms with Gasteiger partial charge in [-0.05, 0) is 82.8 Å². The molecule has 1 aliphatic rings. The molecule has 3 aromatic carbocycles. The van der Waals surface area contributed by atoms with Crippen molar-refractivity contribution in [2.45, 2.75) is 6.54 Å². The van der Waals surface area contributed by atoms with Gasteiger partial charge in [0, 0.05) is 31.8 Å². The number of hydrazone groups is 1. The van der Waals surface area contributed by atoms with Crippen LogP contribution in [0.4, 0.5) is 5.69 Å². The molecule has 3 amide bonds. The SMILES string of the molecule is O=C1Nc2ccc(I)cc2/C1=N/NC(=O)c1ccc(CNC(=O)c2ccc(Cl)cc2)cc1. The van der Waals surface area contributed by atoms with Crippen LogP contribution in [0.5, 0.6) is 0 Å². The second-order valence-corrected chi connectivity index (χ2v) is 8.61. The molecule has 4 rings (SSSR count). The zero-order chi connectivity index (χ0) is 22.7. The summed E-state index contributed by atoms with van der Waals surface area (Å²) in [5.74, 6) is -1.03. The second kappa shape index (κ2) is 9.49. The molecule has 0 bridgehead atoms. The fraction of sp³-hybridized carbons (Fsp3) is 0.0435. The minimum absolute atomic E-state index is 0.161. The van der Waals surface area contributed by atoms with Crippen molar-refractivity contribution in [2.75, 3.05) is 5.32 Å². The Morgan fingerprint density at radius 2 is 1.59 bits per heavy atom. The second-order valence-electron chi connectivity index (χ2n) is 6.93. The summed E-state index contributed by atoms with van der Waals surface area (Å²) >= 11 is 7.98. The Hall–Kier alpha value is -3.24. The summed E-state index contributed by atoms with van der Waals surface area (Å²) in [5.41, 5.74) is 5.62. The Bertz CT molecular complexity index is 1240. The molecule has 0 aromatic heterocycles. The average molecular weight is 559 g/mol. The lowest BCUT2D eigenvalue weighted by molar-refractivity contribution is -0.110. The first-order valence-corrected chi connectivity index (χ1v) is 11.0. The van der Waals surface area contributed by atoms with Crippen molar-refractivity contribution in [1.82, 2.24) is 10.7 Å². The van der Waals surface area contributed by atoms with Gasteiger partial charge < -0.3 is 10.6 Å². The summed E-state index contributed by atoms with van der Waals surface area (Å²) in [6, 6.07) is 18.8. The van der Waals surface area contributed by atoms with Gasteiger partial charge in [-0.1, -0.05) is 23.7 Å². The Kier molecular flexibility index (Phi) is 6.52. The molecule has 9 heteroatoms. The molecule has 3 N–H and O–H groups in total. The standard InChI is InChI=1S/C23H16ClIN4O3/c24-16-7-5-14(6-8-16)21(30)26-12-13-1-3-15(4-2-13)22(31)29-28-20-18-11-17(25)9-10-19(18)27-23(20)32/h1-11H,12H2,(H,26,30)(H,29,31)(H,27,28,32). The van der Waals surface area contributed by atoms with Gasteiger partial charge in [-0.3, -0.25) is 14.4 Å². The highest BCUT2D eigenvalue weighted by atomic mass is 127. The van der Waals surface area contributed by atoms with Crippen LogP contribution < -0.4 is 16.1 Å². The van der Waals surface area contributed by atoms with Gasteiger partial charge in [-0.2, -0.15) is 5.10 Å². The van der Waals surface area contributed by atoms with E-state index in [1.54, 1.807) is 54.6 Å². The number of hydrogen-bond donors (Lipinski definition) is 3. The van der Waals surface area contributed by atoms with Gasteiger partial charge in [0.25, 0.3) is 17.7 Å². The van der Waals surface area contributed by atoms with Gasteiger partial charge in [-0.15, -0.1) is 0 Å². The van der Waals surface area contributed by atoms with Crippen LogP contribution in [0.2, 0.25) is 5.02 Å². The van der Waals surface area contributed by atoms with E-state index in [1.165, 1.54) is 0 Å². The zero-order valence-corrected chi connectivity index (χ0v) is 19.4. The number of carbonyl (C=O) groups excluding carboxylic acids is 3. The molecule has 0 radical (unpaired) electrons. The summed E-state index contributed by atoms with van der Waals surface area (Å²) in [6.07, 6.45) is 0. The molecule has 0 atom stereocenters. The van der Waals surface area contributed by atoms with E-state index in [2.05, 4.69) is 43.8 Å². The van der Waals surface area contributed by atoms with E-state index >= 15 is 0 Å². The highest BCUT2D eigenvalue weighted by Crippen LogP contribution is 2.25.